The molecule has 1 amide bonds. The molecule has 0 spiro atoms. The second-order valence-corrected chi connectivity index (χ2v) is 7.24. The molecule has 0 radical (unpaired) electrons. The summed E-state index contributed by atoms with van der Waals surface area (Å²) in [5.41, 5.74) is 4.45. The molecule has 0 unspecified atom stereocenters. The van der Waals surface area contributed by atoms with Crippen LogP contribution in [0.5, 0.6) is 11.5 Å². The highest BCUT2D eigenvalue weighted by atomic mass is 79.9. The van der Waals surface area contributed by atoms with Crippen molar-refractivity contribution in [2.45, 2.75) is 6.61 Å². The van der Waals surface area contributed by atoms with Crippen LogP contribution >= 0.6 is 15.9 Å². The van der Waals surface area contributed by atoms with Crippen molar-refractivity contribution >= 4 is 33.7 Å². The van der Waals surface area contributed by atoms with Gasteiger partial charge in [-0.05, 0) is 54.1 Å². The van der Waals surface area contributed by atoms with Gasteiger partial charge >= 0.3 is 0 Å². The second kappa shape index (κ2) is 10.4. The summed E-state index contributed by atoms with van der Waals surface area (Å²) in [6, 6.07) is 18.2. The van der Waals surface area contributed by atoms with Crippen LogP contribution in [-0.4, -0.2) is 24.2 Å². The standard InChI is InChI=1S/C22H18BrN3O5/c1-30-21-10-5-15(13-24-25-22(27)16-3-2-4-18(23)12-16)11-17(21)14-31-20-8-6-19(7-9-20)26(28)29/h2-13H,14H2,1H3,(H,25,27)/b24-13-. The Morgan fingerprint density at radius 3 is 2.61 bits per heavy atom. The molecule has 0 bridgehead atoms. The maximum atomic E-state index is 12.2. The van der Waals surface area contributed by atoms with Gasteiger partial charge in [-0.1, -0.05) is 22.0 Å². The summed E-state index contributed by atoms with van der Waals surface area (Å²) in [6.07, 6.45) is 1.52. The van der Waals surface area contributed by atoms with E-state index in [1.54, 1.807) is 37.4 Å². The Morgan fingerprint density at radius 2 is 1.94 bits per heavy atom. The summed E-state index contributed by atoms with van der Waals surface area (Å²) < 4.78 is 11.9. The van der Waals surface area contributed by atoms with E-state index in [4.69, 9.17) is 9.47 Å². The highest BCUT2D eigenvalue weighted by Crippen LogP contribution is 2.23. The van der Waals surface area contributed by atoms with Gasteiger partial charge in [0.25, 0.3) is 11.6 Å². The van der Waals surface area contributed by atoms with Crippen LogP contribution in [0.2, 0.25) is 0 Å². The van der Waals surface area contributed by atoms with Crippen molar-refractivity contribution in [2.75, 3.05) is 7.11 Å². The van der Waals surface area contributed by atoms with Crippen molar-refractivity contribution in [1.29, 1.82) is 0 Å². The molecular formula is C22H18BrN3O5. The van der Waals surface area contributed by atoms with E-state index in [2.05, 4.69) is 26.5 Å². The van der Waals surface area contributed by atoms with Gasteiger partial charge in [-0.3, -0.25) is 14.9 Å². The fourth-order valence-electron chi connectivity index (χ4n) is 2.68. The van der Waals surface area contributed by atoms with Gasteiger partial charge in [-0.15, -0.1) is 0 Å². The number of nitro benzene ring substituents is 1. The zero-order valence-electron chi connectivity index (χ0n) is 16.4. The number of nitro groups is 1. The Hall–Kier alpha value is -3.72. The van der Waals surface area contributed by atoms with Crippen LogP contribution < -0.4 is 14.9 Å². The van der Waals surface area contributed by atoms with E-state index < -0.39 is 4.92 Å². The van der Waals surface area contributed by atoms with Gasteiger partial charge in [-0.25, -0.2) is 5.43 Å². The van der Waals surface area contributed by atoms with Gasteiger partial charge in [0.15, 0.2) is 0 Å². The average molecular weight is 484 g/mol. The molecule has 0 heterocycles. The molecule has 31 heavy (non-hydrogen) atoms. The molecule has 3 aromatic rings. The molecule has 0 fully saturated rings. The maximum absolute atomic E-state index is 12.2. The van der Waals surface area contributed by atoms with Crippen LogP contribution in [0.25, 0.3) is 0 Å². The molecule has 0 aliphatic heterocycles. The van der Waals surface area contributed by atoms with Gasteiger partial charge in [0.2, 0.25) is 0 Å². The number of carbonyl (C=O) groups excluding carboxylic acids is 1. The lowest BCUT2D eigenvalue weighted by atomic mass is 10.1. The lowest BCUT2D eigenvalue weighted by Gasteiger charge is -2.11. The van der Waals surface area contributed by atoms with Crippen LogP contribution in [0, 0.1) is 10.1 Å². The van der Waals surface area contributed by atoms with E-state index in [1.165, 1.54) is 30.5 Å². The van der Waals surface area contributed by atoms with Crippen LogP contribution in [0.3, 0.4) is 0 Å². The maximum Gasteiger partial charge on any atom is 0.271 e. The molecule has 0 saturated heterocycles. The lowest BCUT2D eigenvalue weighted by Crippen LogP contribution is -2.17. The number of ether oxygens (including phenoxy) is 2. The summed E-state index contributed by atoms with van der Waals surface area (Å²) in [6.45, 7) is 0.188. The number of non-ortho nitro benzene ring substituents is 1. The van der Waals surface area contributed by atoms with Crippen molar-refractivity contribution in [1.82, 2.24) is 5.43 Å². The molecule has 0 saturated carbocycles. The highest BCUT2D eigenvalue weighted by Gasteiger charge is 2.08. The molecular weight excluding hydrogens is 466 g/mol. The predicted molar refractivity (Wildman–Crippen MR) is 120 cm³/mol. The first-order chi connectivity index (χ1) is 15.0. The number of nitrogens with one attached hydrogen (secondary N) is 1. The van der Waals surface area contributed by atoms with E-state index in [0.717, 1.165) is 15.6 Å². The molecule has 9 heteroatoms. The minimum absolute atomic E-state index is 0.00644. The van der Waals surface area contributed by atoms with Crippen molar-refractivity contribution in [3.8, 4) is 11.5 Å². The fraction of sp³-hybridized carbons (Fsp3) is 0.0909. The van der Waals surface area contributed by atoms with Gasteiger partial charge < -0.3 is 9.47 Å². The molecule has 3 rings (SSSR count). The Morgan fingerprint density at radius 1 is 1.16 bits per heavy atom. The molecule has 0 atom stereocenters. The number of rotatable bonds is 8. The first-order valence-corrected chi connectivity index (χ1v) is 9.88. The second-order valence-electron chi connectivity index (χ2n) is 6.32. The first-order valence-electron chi connectivity index (χ1n) is 9.09. The molecule has 3 aromatic carbocycles. The number of hydrogen-bond donors (Lipinski definition) is 1. The predicted octanol–water partition coefficient (Wildman–Crippen LogP) is 4.71. The highest BCUT2D eigenvalue weighted by molar-refractivity contribution is 9.10. The Labute approximate surface area is 186 Å². The molecule has 158 valence electrons. The number of halogens is 1. The Kier molecular flexibility index (Phi) is 7.34. The van der Waals surface area contributed by atoms with E-state index >= 15 is 0 Å². The summed E-state index contributed by atoms with van der Waals surface area (Å²) >= 11 is 3.33. The Balaban J connectivity index is 1.66. The molecule has 0 aliphatic rings. The smallest absolute Gasteiger partial charge is 0.271 e. The van der Waals surface area contributed by atoms with Crippen LogP contribution in [0.4, 0.5) is 5.69 Å². The largest absolute Gasteiger partial charge is 0.496 e. The fourth-order valence-corrected chi connectivity index (χ4v) is 3.08. The molecule has 1 N–H and O–H groups in total. The van der Waals surface area contributed by atoms with Gasteiger partial charge in [0.05, 0.1) is 18.2 Å². The topological polar surface area (TPSA) is 103 Å². The van der Waals surface area contributed by atoms with Gasteiger partial charge in [-0.2, -0.15) is 5.10 Å². The van der Waals surface area contributed by atoms with E-state index in [9.17, 15) is 14.9 Å². The third kappa shape index (κ3) is 6.13. The molecule has 0 aliphatic carbocycles. The zero-order chi connectivity index (χ0) is 22.2. The first kappa shape index (κ1) is 22.0. The Bertz CT molecular complexity index is 1120. The van der Waals surface area contributed by atoms with Crippen molar-refractivity contribution in [3.05, 3.63) is 98.0 Å². The number of amides is 1. The number of hydrazone groups is 1. The van der Waals surface area contributed by atoms with Crippen molar-refractivity contribution < 1.29 is 19.2 Å². The van der Waals surface area contributed by atoms with Crippen LogP contribution in [-0.2, 0) is 6.61 Å². The summed E-state index contributed by atoms with van der Waals surface area (Å²) in [5.74, 6) is 0.790. The van der Waals surface area contributed by atoms with Gasteiger partial charge in [0, 0.05) is 27.7 Å². The zero-order valence-corrected chi connectivity index (χ0v) is 18.0. The third-order valence-corrected chi connectivity index (χ3v) is 4.71. The van der Waals surface area contributed by atoms with E-state index in [-0.39, 0.29) is 18.2 Å². The number of hydrogen-bond acceptors (Lipinski definition) is 6. The minimum atomic E-state index is -0.467. The number of benzene rings is 3. The van der Waals surface area contributed by atoms with Crippen molar-refractivity contribution in [3.63, 3.8) is 0 Å². The number of methoxy groups -OCH3 is 1. The third-order valence-electron chi connectivity index (χ3n) is 4.21. The summed E-state index contributed by atoms with van der Waals surface area (Å²) in [4.78, 5) is 22.4. The average Bonchev–Trinajstić information content (AvgIpc) is 2.78. The van der Waals surface area contributed by atoms with E-state index in [0.29, 0.717) is 17.1 Å². The summed E-state index contributed by atoms with van der Waals surface area (Å²) in [5, 5.41) is 14.7. The van der Waals surface area contributed by atoms with Gasteiger partial charge in [0.1, 0.15) is 18.1 Å². The monoisotopic (exact) mass is 483 g/mol. The normalized spacial score (nSPS) is 10.6. The number of nitrogens with zero attached hydrogens (tertiary/aromatic N) is 2. The quantitative estimate of drug-likeness (QED) is 0.284. The molecule has 8 nitrogen and oxygen atoms in total. The lowest BCUT2D eigenvalue weighted by molar-refractivity contribution is -0.384. The minimum Gasteiger partial charge on any atom is -0.496 e. The van der Waals surface area contributed by atoms with E-state index in [1.807, 2.05) is 12.1 Å². The van der Waals surface area contributed by atoms with Crippen molar-refractivity contribution in [2.24, 2.45) is 5.10 Å². The summed E-state index contributed by atoms with van der Waals surface area (Å²) in [7, 11) is 1.55. The molecule has 0 aromatic heterocycles. The van der Waals surface area contributed by atoms with Crippen LogP contribution in [0.15, 0.2) is 76.3 Å². The number of carbonyl (C=O) groups is 1. The van der Waals surface area contributed by atoms with Crippen LogP contribution in [0.1, 0.15) is 21.5 Å². The SMILES string of the molecule is COc1ccc(/C=N\NC(=O)c2cccc(Br)c2)cc1COc1ccc([N+](=O)[O-])cc1.